The fraction of sp³-hybridized carbons (Fsp3) is 0.759. The highest BCUT2D eigenvalue weighted by Crippen LogP contribution is 2.61. The molecule has 2 spiro atoms. The number of hydrogen-bond donors (Lipinski definition) is 2. The zero-order chi connectivity index (χ0) is 31.6. The monoisotopic (exact) mass is 624 g/mol. The Balaban J connectivity index is 1.19. The topological polar surface area (TPSA) is 146 Å². The number of rotatable bonds is 7. The molecule has 242 valence electrons. The highest BCUT2D eigenvalue weighted by molar-refractivity contribution is 6.29. The number of nitrogens with one attached hydrogen (secondary N) is 1. The molecular weight excluding hydrogens is 585 g/mol. The maximum Gasteiger partial charge on any atom is 0.405 e. The van der Waals surface area contributed by atoms with Crippen molar-refractivity contribution < 1.29 is 41.9 Å². The average Bonchev–Trinajstić information content (AvgIpc) is 3.50. The van der Waals surface area contributed by atoms with Crippen LogP contribution in [-0.2, 0) is 19.1 Å². The first-order valence-electron chi connectivity index (χ1n) is 15.4. The molecule has 0 aromatic heterocycles. The first kappa shape index (κ1) is 30.7. The van der Waals surface area contributed by atoms with E-state index < -0.39 is 53.5 Å². The van der Waals surface area contributed by atoms with Crippen LogP contribution in [-0.4, -0.2) is 107 Å². The van der Waals surface area contributed by atoms with Crippen molar-refractivity contribution in [3.05, 3.63) is 11.4 Å². The predicted octanol–water partition coefficient (Wildman–Crippen LogP) is 2.29. The lowest BCUT2D eigenvalue weighted by molar-refractivity contribution is -0.153. The van der Waals surface area contributed by atoms with Gasteiger partial charge in [0.1, 0.15) is 23.5 Å². The maximum absolute atomic E-state index is 13.7. The molecule has 0 aromatic rings. The number of likely N-dealkylation sites (N-methyl/N-ethyl adjacent to an activating group) is 1. The van der Waals surface area contributed by atoms with Crippen LogP contribution in [0.3, 0.4) is 0 Å². The number of nitrogens with zero attached hydrogens (tertiary/aromatic N) is 4. The van der Waals surface area contributed by atoms with Crippen LogP contribution < -0.4 is 11.1 Å². The molecule has 44 heavy (non-hydrogen) atoms. The number of halogens is 3. The molecule has 0 radical (unpaired) electrons. The molecule has 3 heterocycles. The van der Waals surface area contributed by atoms with Gasteiger partial charge in [-0.3, -0.25) is 29.1 Å². The van der Waals surface area contributed by atoms with Gasteiger partial charge in [0.15, 0.2) is 0 Å². The average molecular weight is 625 g/mol. The Kier molecular flexibility index (Phi) is 7.60. The molecule has 6 fully saturated rings. The maximum atomic E-state index is 13.7. The summed E-state index contributed by atoms with van der Waals surface area (Å²) in [4.78, 5) is 71.8. The van der Waals surface area contributed by atoms with E-state index in [1.54, 1.807) is 4.90 Å². The molecule has 3 saturated carbocycles. The van der Waals surface area contributed by atoms with Crippen molar-refractivity contribution in [3.8, 4) is 0 Å². The molecule has 3 aliphatic heterocycles. The number of hydrogen-bond acceptors (Lipinski definition) is 8. The highest BCUT2D eigenvalue weighted by atomic mass is 19.4. The van der Waals surface area contributed by atoms with Gasteiger partial charge in [0, 0.05) is 32.1 Å². The number of alkyl halides is 3. The van der Waals surface area contributed by atoms with Gasteiger partial charge in [-0.25, -0.2) is 9.59 Å². The fourth-order valence-electron chi connectivity index (χ4n) is 8.24. The molecule has 3 N–H and O–H groups in total. The summed E-state index contributed by atoms with van der Waals surface area (Å²) in [6, 6.07) is -1.66. The highest BCUT2D eigenvalue weighted by Gasteiger charge is 2.68. The number of carbonyl (C=O) groups is 5. The van der Waals surface area contributed by atoms with Gasteiger partial charge in [-0.2, -0.15) is 13.2 Å². The number of amides is 7. The Morgan fingerprint density at radius 1 is 0.932 bits per heavy atom. The first-order valence-corrected chi connectivity index (χ1v) is 15.4. The molecular formula is C29H39F3N6O6. The van der Waals surface area contributed by atoms with Gasteiger partial charge in [-0.1, -0.05) is 12.8 Å². The molecule has 7 amide bonds. The minimum Gasteiger partial charge on any atom is -0.385 e. The van der Waals surface area contributed by atoms with E-state index in [0.29, 0.717) is 58.3 Å². The summed E-state index contributed by atoms with van der Waals surface area (Å²) in [7, 11) is 1.50. The van der Waals surface area contributed by atoms with Gasteiger partial charge in [-0.15, -0.1) is 0 Å². The van der Waals surface area contributed by atoms with Crippen molar-refractivity contribution in [2.24, 2.45) is 23.0 Å². The molecule has 12 nitrogen and oxygen atoms in total. The second-order valence-electron chi connectivity index (χ2n) is 13.6. The van der Waals surface area contributed by atoms with Crippen molar-refractivity contribution in [1.29, 1.82) is 0 Å². The lowest BCUT2D eigenvalue weighted by atomic mass is 9.51. The number of ether oxygens (including phenoxy) is 1. The third-order valence-corrected chi connectivity index (χ3v) is 10.6. The second kappa shape index (κ2) is 10.9. The molecule has 6 aliphatic rings. The van der Waals surface area contributed by atoms with Crippen LogP contribution >= 0.6 is 0 Å². The van der Waals surface area contributed by atoms with E-state index in [4.69, 9.17) is 10.5 Å². The van der Waals surface area contributed by atoms with Crippen LogP contribution in [0.4, 0.5) is 22.8 Å². The minimum absolute atomic E-state index is 0.0450. The molecule has 6 rings (SSSR count). The van der Waals surface area contributed by atoms with Crippen LogP contribution in [0.15, 0.2) is 11.4 Å². The molecule has 0 unspecified atom stereocenters. The van der Waals surface area contributed by atoms with Crippen LogP contribution in [0.25, 0.3) is 0 Å². The summed E-state index contributed by atoms with van der Waals surface area (Å²) >= 11 is 0. The van der Waals surface area contributed by atoms with E-state index in [2.05, 4.69) is 0 Å². The SMILES string of the molecule is CN1C(=O)N(CC2COC2)C2(CC3(CCC(N4C(=O)/C(=C(\N)NCC(F)(F)F)C(=O)N(CC5CCCC5)C4=O)CC3)C2)C1=O. The lowest BCUT2D eigenvalue weighted by Gasteiger charge is -2.59. The Morgan fingerprint density at radius 2 is 1.57 bits per heavy atom. The Bertz CT molecular complexity index is 1280. The van der Waals surface area contributed by atoms with Crippen molar-refractivity contribution in [2.45, 2.75) is 82.0 Å². The standard InChI is InChI=1S/C29H39F3N6O6/c1-35-24(41)28(37(25(35)42)11-18-12-44-13-18)14-27(15-28)8-6-19(7-9-27)38-23(40)20(21(33)34-16-29(30,31)32)22(39)36(26(38)43)10-17-4-2-3-5-17/h17-19,34H,2-16,33H2,1H3/b21-20+. The van der Waals surface area contributed by atoms with Crippen molar-refractivity contribution in [3.63, 3.8) is 0 Å². The summed E-state index contributed by atoms with van der Waals surface area (Å²) in [5.41, 5.74) is 4.07. The van der Waals surface area contributed by atoms with Crippen LogP contribution in [0.2, 0.25) is 0 Å². The van der Waals surface area contributed by atoms with E-state index in [1.165, 1.54) is 11.9 Å². The summed E-state index contributed by atoms with van der Waals surface area (Å²) in [6.07, 6.45) is 1.82. The number of nitrogens with two attached hydrogens (primary N) is 1. The zero-order valence-electron chi connectivity index (χ0n) is 24.8. The van der Waals surface area contributed by atoms with E-state index in [1.807, 2.05) is 5.32 Å². The lowest BCUT2D eigenvalue weighted by Crippen LogP contribution is -2.66. The molecule has 3 aliphatic carbocycles. The van der Waals surface area contributed by atoms with E-state index in [9.17, 15) is 37.1 Å². The van der Waals surface area contributed by atoms with Crippen molar-refractivity contribution in [1.82, 2.24) is 24.9 Å². The van der Waals surface area contributed by atoms with Crippen LogP contribution in [0.5, 0.6) is 0 Å². The number of urea groups is 2. The zero-order valence-corrected chi connectivity index (χ0v) is 24.8. The fourth-order valence-corrected chi connectivity index (χ4v) is 8.24. The van der Waals surface area contributed by atoms with Gasteiger partial charge >= 0.3 is 18.2 Å². The first-order chi connectivity index (χ1) is 20.8. The number of barbiturate groups is 1. The van der Waals surface area contributed by atoms with Gasteiger partial charge in [0.2, 0.25) is 0 Å². The number of imide groups is 3. The van der Waals surface area contributed by atoms with Gasteiger partial charge in [-0.05, 0) is 62.7 Å². The summed E-state index contributed by atoms with van der Waals surface area (Å²) < 4.78 is 44.0. The Morgan fingerprint density at radius 3 is 2.14 bits per heavy atom. The predicted molar refractivity (Wildman–Crippen MR) is 147 cm³/mol. The summed E-state index contributed by atoms with van der Waals surface area (Å²) in [5.74, 6) is -2.65. The van der Waals surface area contributed by atoms with Crippen LogP contribution in [0, 0.1) is 17.3 Å². The van der Waals surface area contributed by atoms with Gasteiger partial charge < -0.3 is 20.7 Å². The summed E-state index contributed by atoms with van der Waals surface area (Å²) in [5, 5.41) is 1.95. The van der Waals surface area contributed by atoms with E-state index in [0.717, 1.165) is 35.5 Å². The van der Waals surface area contributed by atoms with Gasteiger partial charge in [0.25, 0.3) is 17.7 Å². The Labute approximate surface area is 253 Å². The van der Waals surface area contributed by atoms with Crippen molar-refractivity contribution in [2.75, 3.05) is 39.9 Å². The number of carbonyl (C=O) groups excluding carboxylic acids is 5. The third kappa shape index (κ3) is 5.10. The van der Waals surface area contributed by atoms with E-state index in [-0.39, 0.29) is 35.7 Å². The van der Waals surface area contributed by atoms with Crippen LogP contribution in [0.1, 0.15) is 64.2 Å². The molecule has 3 saturated heterocycles. The summed E-state index contributed by atoms with van der Waals surface area (Å²) in [6.45, 7) is 0.0928. The molecule has 0 atom stereocenters. The molecule has 15 heteroatoms. The quantitative estimate of drug-likeness (QED) is 0.249. The molecule has 0 aromatic carbocycles. The molecule has 0 bridgehead atoms. The van der Waals surface area contributed by atoms with E-state index >= 15 is 0 Å². The second-order valence-corrected chi connectivity index (χ2v) is 13.6. The van der Waals surface area contributed by atoms with Gasteiger partial charge in [0.05, 0.1) is 13.2 Å². The smallest absolute Gasteiger partial charge is 0.385 e. The third-order valence-electron chi connectivity index (χ3n) is 10.6. The minimum atomic E-state index is -4.63. The van der Waals surface area contributed by atoms with Crippen molar-refractivity contribution >= 4 is 29.8 Å². The normalized spacial score (nSPS) is 33.2. The Hall–Kier alpha value is -3.36. The largest absolute Gasteiger partial charge is 0.405 e.